The molecule has 0 aliphatic carbocycles. The molecule has 0 atom stereocenters. The van der Waals surface area contributed by atoms with Crippen LogP contribution in [0.1, 0.15) is 0 Å². The number of benzene rings is 2. The number of fused-ring (bicyclic) bond motifs is 1. The van der Waals surface area contributed by atoms with Gasteiger partial charge in [0.1, 0.15) is 0 Å². The molecule has 0 saturated carbocycles. The average molecular weight is 459 g/mol. The molecule has 32 heavy (non-hydrogen) atoms. The number of pyridine rings is 1. The molecule has 158 valence electrons. The van der Waals surface area contributed by atoms with Crippen molar-refractivity contribution in [1.82, 2.24) is 24.7 Å². The SMILES string of the molecule is Cn1c(SCC(=O)Nc2nccs2)nnc1-c1cc(-c2ccccc2)nc2ccccc12. The average Bonchev–Trinajstić information content (AvgIpc) is 3.47. The predicted octanol–water partition coefficient (Wildman–Crippen LogP) is 4.88. The van der Waals surface area contributed by atoms with Crippen LogP contribution in [0.15, 0.2) is 77.4 Å². The first-order valence-corrected chi connectivity index (χ1v) is 11.7. The molecule has 0 bridgehead atoms. The van der Waals surface area contributed by atoms with E-state index in [2.05, 4.69) is 20.5 Å². The molecular weight excluding hydrogens is 440 g/mol. The lowest BCUT2D eigenvalue weighted by Crippen LogP contribution is -2.14. The van der Waals surface area contributed by atoms with Crippen molar-refractivity contribution in [3.05, 3.63) is 72.2 Å². The van der Waals surface area contributed by atoms with Crippen molar-refractivity contribution >= 4 is 45.0 Å². The van der Waals surface area contributed by atoms with Crippen LogP contribution in [0.3, 0.4) is 0 Å². The van der Waals surface area contributed by atoms with E-state index in [1.54, 1.807) is 6.20 Å². The van der Waals surface area contributed by atoms with Crippen molar-refractivity contribution in [3.63, 3.8) is 0 Å². The first-order chi connectivity index (χ1) is 15.7. The minimum absolute atomic E-state index is 0.129. The van der Waals surface area contributed by atoms with Crippen molar-refractivity contribution in [3.8, 4) is 22.6 Å². The standard InChI is InChI=1S/C23H18N6OS2/c1-29-21(27-28-23(29)32-14-20(30)26-22-24-11-12-31-22)17-13-19(15-7-3-2-4-8-15)25-18-10-6-5-9-16(17)18/h2-13H,14H2,1H3,(H,24,26,30). The molecule has 2 aromatic carbocycles. The summed E-state index contributed by atoms with van der Waals surface area (Å²) in [5, 5.41) is 15.6. The number of anilines is 1. The van der Waals surface area contributed by atoms with E-state index < -0.39 is 0 Å². The molecule has 0 aliphatic heterocycles. The zero-order valence-electron chi connectivity index (χ0n) is 17.1. The van der Waals surface area contributed by atoms with E-state index in [0.717, 1.165) is 33.5 Å². The van der Waals surface area contributed by atoms with Gasteiger partial charge in [0.2, 0.25) is 5.91 Å². The number of para-hydroxylation sites is 1. The van der Waals surface area contributed by atoms with Gasteiger partial charge in [0, 0.05) is 35.1 Å². The van der Waals surface area contributed by atoms with Gasteiger partial charge in [-0.3, -0.25) is 4.79 Å². The number of amides is 1. The Morgan fingerprint density at radius 1 is 1.09 bits per heavy atom. The fourth-order valence-corrected chi connectivity index (χ4v) is 4.62. The molecule has 0 fully saturated rings. The second-order valence-corrected chi connectivity index (χ2v) is 8.81. The molecular formula is C23H18N6OS2. The topological polar surface area (TPSA) is 85.6 Å². The van der Waals surface area contributed by atoms with Gasteiger partial charge in [-0.1, -0.05) is 60.3 Å². The summed E-state index contributed by atoms with van der Waals surface area (Å²) in [6, 6.07) is 20.1. The van der Waals surface area contributed by atoms with Crippen LogP contribution in [0.4, 0.5) is 5.13 Å². The van der Waals surface area contributed by atoms with Crippen LogP contribution in [0.25, 0.3) is 33.5 Å². The molecule has 5 rings (SSSR count). The number of hydrogen-bond acceptors (Lipinski definition) is 7. The highest BCUT2D eigenvalue weighted by atomic mass is 32.2. The maximum Gasteiger partial charge on any atom is 0.236 e. The van der Waals surface area contributed by atoms with Crippen LogP contribution in [0.2, 0.25) is 0 Å². The highest BCUT2D eigenvalue weighted by Gasteiger charge is 2.17. The summed E-state index contributed by atoms with van der Waals surface area (Å²) in [5.74, 6) is 0.816. The Bertz CT molecular complexity index is 1380. The molecule has 0 saturated heterocycles. The fourth-order valence-electron chi connectivity index (χ4n) is 3.36. The van der Waals surface area contributed by atoms with E-state index in [4.69, 9.17) is 4.98 Å². The van der Waals surface area contributed by atoms with Crippen LogP contribution in [-0.2, 0) is 11.8 Å². The molecule has 9 heteroatoms. The van der Waals surface area contributed by atoms with Crippen LogP contribution in [0.5, 0.6) is 0 Å². The van der Waals surface area contributed by atoms with E-state index in [0.29, 0.717) is 10.3 Å². The molecule has 5 aromatic rings. The van der Waals surface area contributed by atoms with Crippen molar-refractivity contribution in [2.45, 2.75) is 5.16 Å². The van der Waals surface area contributed by atoms with Crippen LogP contribution in [-0.4, -0.2) is 36.4 Å². The minimum atomic E-state index is -0.129. The number of aromatic nitrogens is 5. The van der Waals surface area contributed by atoms with Gasteiger partial charge in [-0.15, -0.1) is 21.5 Å². The predicted molar refractivity (Wildman–Crippen MR) is 129 cm³/mol. The van der Waals surface area contributed by atoms with E-state index in [1.165, 1.54) is 23.1 Å². The van der Waals surface area contributed by atoms with E-state index >= 15 is 0 Å². The van der Waals surface area contributed by atoms with E-state index in [9.17, 15) is 4.79 Å². The number of nitrogens with zero attached hydrogens (tertiary/aromatic N) is 5. The lowest BCUT2D eigenvalue weighted by Gasteiger charge is -2.10. The Kier molecular flexibility index (Phi) is 5.66. The second-order valence-electron chi connectivity index (χ2n) is 6.98. The summed E-state index contributed by atoms with van der Waals surface area (Å²) in [5.41, 5.74) is 3.75. The molecule has 1 N–H and O–H groups in total. The summed E-state index contributed by atoms with van der Waals surface area (Å²) in [6.07, 6.45) is 1.66. The summed E-state index contributed by atoms with van der Waals surface area (Å²) < 4.78 is 1.91. The van der Waals surface area contributed by atoms with Gasteiger partial charge >= 0.3 is 0 Å². The summed E-state index contributed by atoms with van der Waals surface area (Å²) >= 11 is 2.72. The lowest BCUT2D eigenvalue weighted by atomic mass is 10.0. The van der Waals surface area contributed by atoms with Crippen molar-refractivity contribution in [2.75, 3.05) is 11.1 Å². The van der Waals surface area contributed by atoms with Gasteiger partial charge in [0.05, 0.1) is 17.0 Å². The lowest BCUT2D eigenvalue weighted by molar-refractivity contribution is -0.113. The third kappa shape index (κ3) is 4.12. The van der Waals surface area contributed by atoms with Crippen LogP contribution < -0.4 is 5.32 Å². The first kappa shape index (κ1) is 20.3. The van der Waals surface area contributed by atoms with Gasteiger partial charge in [0.15, 0.2) is 16.1 Å². The fraction of sp³-hybridized carbons (Fsp3) is 0.0870. The van der Waals surface area contributed by atoms with Gasteiger partial charge in [0.25, 0.3) is 0 Å². The molecule has 3 aromatic heterocycles. The molecule has 0 unspecified atom stereocenters. The Morgan fingerprint density at radius 3 is 2.72 bits per heavy atom. The summed E-state index contributed by atoms with van der Waals surface area (Å²) in [7, 11) is 1.91. The van der Waals surface area contributed by atoms with Gasteiger partial charge in [-0.25, -0.2) is 9.97 Å². The molecule has 3 heterocycles. The van der Waals surface area contributed by atoms with Crippen molar-refractivity contribution < 1.29 is 4.79 Å². The number of hydrogen-bond donors (Lipinski definition) is 1. The maximum atomic E-state index is 12.2. The summed E-state index contributed by atoms with van der Waals surface area (Å²) in [4.78, 5) is 21.1. The zero-order chi connectivity index (χ0) is 21.9. The number of nitrogens with one attached hydrogen (secondary N) is 1. The molecule has 7 nitrogen and oxygen atoms in total. The van der Waals surface area contributed by atoms with Crippen molar-refractivity contribution in [2.24, 2.45) is 7.05 Å². The van der Waals surface area contributed by atoms with Gasteiger partial charge in [-0.2, -0.15) is 0 Å². The molecule has 1 amide bonds. The van der Waals surface area contributed by atoms with Gasteiger partial charge < -0.3 is 9.88 Å². The zero-order valence-corrected chi connectivity index (χ0v) is 18.7. The van der Waals surface area contributed by atoms with E-state index in [1.807, 2.05) is 77.7 Å². The Hall–Kier alpha value is -3.56. The van der Waals surface area contributed by atoms with Crippen LogP contribution >= 0.6 is 23.1 Å². The highest BCUT2D eigenvalue weighted by molar-refractivity contribution is 7.99. The van der Waals surface area contributed by atoms with Gasteiger partial charge in [-0.05, 0) is 12.1 Å². The second kappa shape index (κ2) is 8.89. The maximum absolute atomic E-state index is 12.2. The summed E-state index contributed by atoms with van der Waals surface area (Å²) in [6.45, 7) is 0. The van der Waals surface area contributed by atoms with Crippen LogP contribution in [0, 0.1) is 0 Å². The monoisotopic (exact) mass is 458 g/mol. The number of rotatable bonds is 6. The van der Waals surface area contributed by atoms with E-state index in [-0.39, 0.29) is 11.7 Å². The number of thiazole rings is 1. The number of carbonyl (C=O) groups is 1. The third-order valence-electron chi connectivity index (χ3n) is 4.87. The minimum Gasteiger partial charge on any atom is -0.305 e. The Morgan fingerprint density at radius 2 is 1.91 bits per heavy atom. The number of carbonyl (C=O) groups excluding carboxylic acids is 1. The normalized spacial score (nSPS) is 11.0. The molecule has 0 radical (unpaired) electrons. The quantitative estimate of drug-likeness (QED) is 0.365. The Balaban J connectivity index is 1.46. The third-order valence-corrected chi connectivity index (χ3v) is 6.58. The highest BCUT2D eigenvalue weighted by Crippen LogP contribution is 2.32. The largest absolute Gasteiger partial charge is 0.305 e. The first-order valence-electron chi connectivity index (χ1n) is 9.86. The molecule has 0 aliphatic rings. The smallest absolute Gasteiger partial charge is 0.236 e. The number of thioether (sulfide) groups is 1. The molecule has 0 spiro atoms. The van der Waals surface area contributed by atoms with Crippen molar-refractivity contribution in [1.29, 1.82) is 0 Å². The Labute approximate surface area is 192 Å².